The van der Waals surface area contributed by atoms with E-state index in [0.29, 0.717) is 5.56 Å². The van der Waals surface area contributed by atoms with Gasteiger partial charge in [0.15, 0.2) is 17.4 Å². The highest BCUT2D eigenvalue weighted by atomic mass is 19.2. The lowest BCUT2D eigenvalue weighted by atomic mass is 10.0. The van der Waals surface area contributed by atoms with Crippen LogP contribution in [0.2, 0.25) is 0 Å². The zero-order chi connectivity index (χ0) is 14.0. The molecule has 0 atom stereocenters. The van der Waals surface area contributed by atoms with Crippen LogP contribution in [0.25, 0.3) is 0 Å². The van der Waals surface area contributed by atoms with Crippen LogP contribution in [0.3, 0.4) is 0 Å². The standard InChI is InChI=1S/C15H13F2NO/c1-18(2)12-6-3-10(4-7-12)15(19)11-5-8-13(16)14(17)9-11/h3-9H,1-2H3. The Balaban J connectivity index is 2.30. The van der Waals surface area contributed by atoms with Crippen molar-refractivity contribution in [1.82, 2.24) is 0 Å². The Labute approximate surface area is 110 Å². The van der Waals surface area contributed by atoms with Crippen molar-refractivity contribution in [3.05, 3.63) is 65.2 Å². The Morgan fingerprint density at radius 2 is 1.47 bits per heavy atom. The van der Waals surface area contributed by atoms with E-state index < -0.39 is 11.6 Å². The first-order valence-corrected chi connectivity index (χ1v) is 5.76. The Kier molecular flexibility index (Phi) is 3.60. The molecule has 0 spiro atoms. The Bertz CT molecular complexity index is 606. The van der Waals surface area contributed by atoms with Crippen molar-refractivity contribution in [1.29, 1.82) is 0 Å². The number of anilines is 1. The van der Waals surface area contributed by atoms with Crippen LogP contribution in [0, 0.1) is 11.6 Å². The summed E-state index contributed by atoms with van der Waals surface area (Å²) in [5.74, 6) is -2.31. The van der Waals surface area contributed by atoms with Gasteiger partial charge in [0.25, 0.3) is 0 Å². The topological polar surface area (TPSA) is 20.3 Å². The van der Waals surface area contributed by atoms with Crippen molar-refractivity contribution in [3.8, 4) is 0 Å². The zero-order valence-corrected chi connectivity index (χ0v) is 10.7. The molecular formula is C15H13F2NO. The monoisotopic (exact) mass is 261 g/mol. The number of carbonyl (C=O) groups excluding carboxylic acids is 1. The second-order valence-electron chi connectivity index (χ2n) is 4.40. The number of ketones is 1. The Morgan fingerprint density at radius 1 is 0.895 bits per heavy atom. The van der Waals surface area contributed by atoms with Gasteiger partial charge in [0.05, 0.1) is 0 Å². The first-order valence-electron chi connectivity index (χ1n) is 5.76. The van der Waals surface area contributed by atoms with E-state index >= 15 is 0 Å². The molecule has 0 saturated carbocycles. The summed E-state index contributed by atoms with van der Waals surface area (Å²) in [7, 11) is 3.79. The lowest BCUT2D eigenvalue weighted by Crippen LogP contribution is -2.09. The van der Waals surface area contributed by atoms with Gasteiger partial charge in [0.1, 0.15) is 0 Å². The van der Waals surface area contributed by atoms with Crippen LogP contribution in [0.1, 0.15) is 15.9 Å². The van der Waals surface area contributed by atoms with E-state index in [1.165, 1.54) is 6.07 Å². The molecule has 0 unspecified atom stereocenters. The average Bonchev–Trinajstić information content (AvgIpc) is 2.41. The highest BCUT2D eigenvalue weighted by Gasteiger charge is 2.12. The molecule has 0 saturated heterocycles. The predicted molar refractivity (Wildman–Crippen MR) is 70.6 cm³/mol. The molecule has 0 aliphatic rings. The smallest absolute Gasteiger partial charge is 0.193 e. The molecule has 2 aromatic carbocycles. The van der Waals surface area contributed by atoms with Gasteiger partial charge in [0, 0.05) is 30.9 Å². The predicted octanol–water partition coefficient (Wildman–Crippen LogP) is 3.26. The SMILES string of the molecule is CN(C)c1ccc(C(=O)c2ccc(F)c(F)c2)cc1. The molecule has 0 amide bonds. The maximum atomic E-state index is 13.1. The minimum absolute atomic E-state index is 0.136. The lowest BCUT2D eigenvalue weighted by molar-refractivity contribution is 0.103. The molecular weight excluding hydrogens is 248 g/mol. The summed E-state index contributed by atoms with van der Waals surface area (Å²) >= 11 is 0. The van der Waals surface area contributed by atoms with E-state index in [1.807, 2.05) is 19.0 Å². The van der Waals surface area contributed by atoms with Crippen LogP contribution < -0.4 is 4.90 Å². The second kappa shape index (κ2) is 5.18. The maximum Gasteiger partial charge on any atom is 0.193 e. The summed E-state index contributed by atoms with van der Waals surface area (Å²) in [6, 6.07) is 10.1. The molecule has 2 rings (SSSR count). The highest BCUT2D eigenvalue weighted by molar-refractivity contribution is 6.09. The van der Waals surface area contributed by atoms with Gasteiger partial charge in [-0.15, -0.1) is 0 Å². The fourth-order valence-electron chi connectivity index (χ4n) is 1.71. The highest BCUT2D eigenvalue weighted by Crippen LogP contribution is 2.17. The van der Waals surface area contributed by atoms with Gasteiger partial charge in [-0.2, -0.15) is 0 Å². The summed E-state index contributed by atoms with van der Waals surface area (Å²) in [5.41, 5.74) is 1.54. The van der Waals surface area contributed by atoms with Crippen LogP contribution in [-0.2, 0) is 0 Å². The Morgan fingerprint density at radius 3 is 2.00 bits per heavy atom. The quantitative estimate of drug-likeness (QED) is 0.790. The molecule has 0 aliphatic heterocycles. The number of nitrogens with zero attached hydrogens (tertiary/aromatic N) is 1. The summed E-state index contributed by atoms with van der Waals surface area (Å²) in [5, 5.41) is 0. The molecule has 0 radical (unpaired) electrons. The molecule has 0 N–H and O–H groups in total. The van der Waals surface area contributed by atoms with E-state index in [2.05, 4.69) is 0 Å². The van der Waals surface area contributed by atoms with Crippen molar-refractivity contribution in [2.45, 2.75) is 0 Å². The molecule has 98 valence electrons. The molecule has 4 heteroatoms. The normalized spacial score (nSPS) is 10.3. The number of carbonyl (C=O) groups is 1. The molecule has 2 nitrogen and oxygen atoms in total. The van der Waals surface area contributed by atoms with E-state index in [-0.39, 0.29) is 11.3 Å². The number of hydrogen-bond donors (Lipinski definition) is 0. The van der Waals surface area contributed by atoms with Crippen LogP contribution in [0.4, 0.5) is 14.5 Å². The number of benzene rings is 2. The van der Waals surface area contributed by atoms with Crippen LogP contribution >= 0.6 is 0 Å². The summed E-state index contributed by atoms with van der Waals surface area (Å²) < 4.78 is 25.9. The fraction of sp³-hybridized carbons (Fsp3) is 0.133. The molecule has 19 heavy (non-hydrogen) atoms. The minimum Gasteiger partial charge on any atom is -0.378 e. The van der Waals surface area contributed by atoms with Crippen molar-refractivity contribution >= 4 is 11.5 Å². The molecule has 0 aromatic heterocycles. The summed E-state index contributed by atoms with van der Waals surface area (Å²) in [6.45, 7) is 0. The summed E-state index contributed by atoms with van der Waals surface area (Å²) in [6.07, 6.45) is 0. The van der Waals surface area contributed by atoms with Gasteiger partial charge < -0.3 is 4.90 Å². The van der Waals surface area contributed by atoms with E-state index in [4.69, 9.17) is 0 Å². The zero-order valence-electron chi connectivity index (χ0n) is 10.7. The third-order valence-electron chi connectivity index (χ3n) is 2.83. The maximum absolute atomic E-state index is 13.1. The number of halogens is 2. The van der Waals surface area contributed by atoms with Crippen molar-refractivity contribution in [2.75, 3.05) is 19.0 Å². The third-order valence-corrected chi connectivity index (χ3v) is 2.83. The van der Waals surface area contributed by atoms with Gasteiger partial charge in [-0.3, -0.25) is 4.79 Å². The van der Waals surface area contributed by atoms with Gasteiger partial charge in [-0.1, -0.05) is 0 Å². The van der Waals surface area contributed by atoms with E-state index in [9.17, 15) is 13.6 Å². The first-order chi connectivity index (χ1) is 8.99. The van der Waals surface area contributed by atoms with Crippen molar-refractivity contribution in [3.63, 3.8) is 0 Å². The van der Waals surface area contributed by atoms with E-state index in [0.717, 1.165) is 17.8 Å². The van der Waals surface area contributed by atoms with Gasteiger partial charge in [-0.25, -0.2) is 8.78 Å². The van der Waals surface area contributed by atoms with Crippen molar-refractivity contribution < 1.29 is 13.6 Å². The molecule has 2 aromatic rings. The second-order valence-corrected chi connectivity index (χ2v) is 4.40. The van der Waals surface area contributed by atoms with Crippen LogP contribution in [0.15, 0.2) is 42.5 Å². The van der Waals surface area contributed by atoms with Gasteiger partial charge in [-0.05, 0) is 42.5 Å². The van der Waals surface area contributed by atoms with E-state index in [1.54, 1.807) is 24.3 Å². The Hall–Kier alpha value is -2.23. The van der Waals surface area contributed by atoms with Gasteiger partial charge in [0.2, 0.25) is 0 Å². The lowest BCUT2D eigenvalue weighted by Gasteiger charge is -2.12. The van der Waals surface area contributed by atoms with Crippen LogP contribution in [0.5, 0.6) is 0 Å². The first kappa shape index (κ1) is 13.2. The van der Waals surface area contributed by atoms with Crippen LogP contribution in [-0.4, -0.2) is 19.9 Å². The van der Waals surface area contributed by atoms with Crippen molar-refractivity contribution in [2.24, 2.45) is 0 Å². The largest absolute Gasteiger partial charge is 0.378 e. The average molecular weight is 261 g/mol. The van der Waals surface area contributed by atoms with Gasteiger partial charge >= 0.3 is 0 Å². The molecule has 0 bridgehead atoms. The molecule has 0 aliphatic carbocycles. The fourth-order valence-corrected chi connectivity index (χ4v) is 1.71. The number of rotatable bonds is 3. The molecule has 0 fully saturated rings. The number of hydrogen-bond acceptors (Lipinski definition) is 2. The third kappa shape index (κ3) is 2.78. The summed E-state index contributed by atoms with van der Waals surface area (Å²) in [4.78, 5) is 14.0. The minimum atomic E-state index is -1.02. The molecule has 0 heterocycles.